The zero-order valence-electron chi connectivity index (χ0n) is 18.6. The fourth-order valence-corrected chi connectivity index (χ4v) is 5.18. The minimum atomic E-state index is -0.250. The summed E-state index contributed by atoms with van der Waals surface area (Å²) in [7, 11) is 0. The van der Waals surface area contributed by atoms with Gasteiger partial charge in [-0.3, -0.25) is 14.6 Å². The Morgan fingerprint density at radius 3 is 2.58 bits per heavy atom. The molecule has 6 nitrogen and oxygen atoms in total. The van der Waals surface area contributed by atoms with Crippen molar-refractivity contribution in [2.45, 2.75) is 31.3 Å². The second-order valence-corrected chi connectivity index (χ2v) is 8.91. The monoisotopic (exact) mass is 441 g/mol. The lowest BCUT2D eigenvalue weighted by atomic mass is 9.73. The molecule has 3 aromatic rings. The second kappa shape index (κ2) is 8.79. The van der Waals surface area contributed by atoms with Gasteiger partial charge in [-0.25, -0.2) is 0 Å². The molecule has 0 aliphatic carbocycles. The van der Waals surface area contributed by atoms with E-state index in [0.29, 0.717) is 12.2 Å². The number of nitrogens with zero attached hydrogens (tertiary/aromatic N) is 3. The molecule has 6 heteroatoms. The highest BCUT2D eigenvalue weighted by molar-refractivity contribution is 5.88. The molecule has 2 aromatic carbocycles. The molecule has 0 unspecified atom stereocenters. The van der Waals surface area contributed by atoms with Crippen LogP contribution < -0.4 is 0 Å². The Balaban J connectivity index is 1.35. The zero-order chi connectivity index (χ0) is 22.9. The molecule has 0 saturated carbocycles. The summed E-state index contributed by atoms with van der Waals surface area (Å²) in [6.07, 6.45) is 1.85. The first-order valence-electron chi connectivity index (χ1n) is 11.3. The van der Waals surface area contributed by atoms with Crippen LogP contribution >= 0.6 is 0 Å². The van der Waals surface area contributed by atoms with Crippen molar-refractivity contribution in [1.29, 1.82) is 0 Å². The van der Waals surface area contributed by atoms with Crippen molar-refractivity contribution in [3.63, 3.8) is 0 Å². The Kier molecular flexibility index (Phi) is 5.68. The average Bonchev–Trinajstić information content (AvgIpc) is 2.81. The fourth-order valence-electron chi connectivity index (χ4n) is 5.18. The molecule has 2 saturated heterocycles. The third-order valence-electron chi connectivity index (χ3n) is 6.81. The third-order valence-corrected chi connectivity index (χ3v) is 6.81. The molecule has 0 spiro atoms. The van der Waals surface area contributed by atoms with E-state index in [-0.39, 0.29) is 49.4 Å². The van der Waals surface area contributed by atoms with Crippen molar-refractivity contribution >= 4 is 11.8 Å². The third kappa shape index (κ3) is 4.02. The summed E-state index contributed by atoms with van der Waals surface area (Å²) in [4.78, 5) is 33.4. The van der Waals surface area contributed by atoms with Crippen LogP contribution in [0.25, 0.3) is 11.1 Å². The van der Waals surface area contributed by atoms with Gasteiger partial charge >= 0.3 is 0 Å². The number of rotatable bonds is 5. The standard InChI is InChI=1S/C27H27N3O3/c1-18-5-4-6-21(13-18)19-8-10-20(11-9-19)27-23-15-29(16-26(33)30(23)24(27)17-31)25(32)14-22-7-2-3-12-28-22/h2-13,23-24,27,31H,14-17H2,1H3/t23-,24+,27+/m1/s1. The highest BCUT2D eigenvalue weighted by Gasteiger charge is 2.54. The number of amides is 2. The van der Waals surface area contributed by atoms with Crippen molar-refractivity contribution in [3.05, 3.63) is 89.7 Å². The lowest BCUT2D eigenvalue weighted by Gasteiger charge is -2.58. The Morgan fingerprint density at radius 2 is 1.88 bits per heavy atom. The molecule has 33 heavy (non-hydrogen) atoms. The Bertz CT molecular complexity index is 1160. The molecule has 0 bridgehead atoms. The van der Waals surface area contributed by atoms with Gasteiger partial charge in [0.2, 0.25) is 11.8 Å². The summed E-state index contributed by atoms with van der Waals surface area (Å²) in [6.45, 7) is 2.51. The normalized spacial score (nSPS) is 22.0. The van der Waals surface area contributed by atoms with Gasteiger partial charge in [0.1, 0.15) is 0 Å². The fraction of sp³-hybridized carbons (Fsp3) is 0.296. The van der Waals surface area contributed by atoms with Gasteiger partial charge in [-0.2, -0.15) is 0 Å². The van der Waals surface area contributed by atoms with Crippen LogP contribution in [0.3, 0.4) is 0 Å². The number of aryl methyl sites for hydroxylation is 1. The van der Waals surface area contributed by atoms with Gasteiger partial charge in [-0.1, -0.05) is 60.2 Å². The van der Waals surface area contributed by atoms with E-state index >= 15 is 0 Å². The van der Waals surface area contributed by atoms with Crippen LogP contribution in [0, 0.1) is 6.92 Å². The molecule has 3 atom stereocenters. The van der Waals surface area contributed by atoms with Crippen molar-refractivity contribution in [2.24, 2.45) is 0 Å². The van der Waals surface area contributed by atoms with Crippen molar-refractivity contribution < 1.29 is 14.7 Å². The Hall–Kier alpha value is -3.51. The molecule has 2 aliphatic rings. The quantitative estimate of drug-likeness (QED) is 0.661. The number of piperazine rings is 1. The molecule has 3 heterocycles. The van der Waals surface area contributed by atoms with Gasteiger partial charge in [0.05, 0.1) is 31.7 Å². The Labute approximate surface area is 193 Å². The molecule has 1 aromatic heterocycles. The predicted octanol–water partition coefficient (Wildman–Crippen LogP) is 2.80. The van der Waals surface area contributed by atoms with Gasteiger partial charge in [0.25, 0.3) is 0 Å². The van der Waals surface area contributed by atoms with E-state index in [1.807, 2.05) is 24.3 Å². The topological polar surface area (TPSA) is 73.7 Å². The summed E-state index contributed by atoms with van der Waals surface area (Å²) >= 11 is 0. The van der Waals surface area contributed by atoms with Crippen LogP contribution in [-0.2, 0) is 16.0 Å². The number of pyridine rings is 1. The first-order chi connectivity index (χ1) is 16.0. The predicted molar refractivity (Wildman–Crippen MR) is 125 cm³/mol. The molecule has 2 fully saturated rings. The molecule has 168 valence electrons. The average molecular weight is 442 g/mol. The van der Waals surface area contributed by atoms with E-state index in [2.05, 4.69) is 54.4 Å². The zero-order valence-corrected chi connectivity index (χ0v) is 18.6. The first kappa shape index (κ1) is 21.3. The maximum Gasteiger partial charge on any atom is 0.242 e. The number of fused-ring (bicyclic) bond motifs is 1. The van der Waals surface area contributed by atoms with Crippen LogP contribution in [0.15, 0.2) is 72.9 Å². The number of aromatic nitrogens is 1. The molecule has 2 aliphatic heterocycles. The van der Waals surface area contributed by atoms with E-state index < -0.39 is 0 Å². The molecule has 1 N–H and O–H groups in total. The van der Waals surface area contributed by atoms with Gasteiger partial charge in [-0.05, 0) is 35.7 Å². The van der Waals surface area contributed by atoms with E-state index in [9.17, 15) is 14.7 Å². The molecular formula is C27H27N3O3. The smallest absolute Gasteiger partial charge is 0.242 e. The minimum Gasteiger partial charge on any atom is -0.394 e. The maximum absolute atomic E-state index is 12.9. The van der Waals surface area contributed by atoms with Crippen LogP contribution in [0.2, 0.25) is 0 Å². The van der Waals surface area contributed by atoms with Gasteiger partial charge in [-0.15, -0.1) is 0 Å². The van der Waals surface area contributed by atoms with Gasteiger partial charge in [0, 0.05) is 24.4 Å². The van der Waals surface area contributed by atoms with Crippen LogP contribution in [-0.4, -0.2) is 63.5 Å². The maximum atomic E-state index is 12.9. The SMILES string of the molecule is Cc1cccc(-c2ccc([C@H]3[C@H]4CN(C(=O)Cc5ccccn5)CC(=O)N4[C@H]3CO)cc2)c1. The van der Waals surface area contributed by atoms with E-state index in [0.717, 1.165) is 16.7 Å². The van der Waals surface area contributed by atoms with Gasteiger partial charge in [0.15, 0.2) is 0 Å². The number of carbonyl (C=O) groups is 2. The first-order valence-corrected chi connectivity index (χ1v) is 11.3. The summed E-state index contributed by atoms with van der Waals surface area (Å²) < 4.78 is 0. The number of hydrogen-bond donors (Lipinski definition) is 1. The van der Waals surface area contributed by atoms with E-state index in [1.165, 1.54) is 5.56 Å². The van der Waals surface area contributed by atoms with Crippen LogP contribution in [0.4, 0.5) is 0 Å². The van der Waals surface area contributed by atoms with Crippen molar-refractivity contribution in [1.82, 2.24) is 14.8 Å². The summed E-state index contributed by atoms with van der Waals surface area (Å²) in [5, 5.41) is 10.0. The number of carbonyl (C=O) groups excluding carboxylic acids is 2. The summed E-state index contributed by atoms with van der Waals surface area (Å²) in [6, 6.07) is 21.8. The van der Waals surface area contributed by atoms with Crippen molar-refractivity contribution in [2.75, 3.05) is 19.7 Å². The second-order valence-electron chi connectivity index (χ2n) is 8.91. The highest BCUT2D eigenvalue weighted by Crippen LogP contribution is 2.43. The van der Waals surface area contributed by atoms with Gasteiger partial charge < -0.3 is 14.9 Å². The van der Waals surface area contributed by atoms with E-state index in [4.69, 9.17) is 0 Å². The van der Waals surface area contributed by atoms with Crippen LogP contribution in [0.5, 0.6) is 0 Å². The lowest BCUT2D eigenvalue weighted by Crippen LogP contribution is -2.73. The largest absolute Gasteiger partial charge is 0.394 e. The Morgan fingerprint density at radius 1 is 1.06 bits per heavy atom. The van der Waals surface area contributed by atoms with E-state index in [1.54, 1.807) is 16.0 Å². The summed E-state index contributed by atoms with van der Waals surface area (Å²) in [5.41, 5.74) is 5.28. The van der Waals surface area contributed by atoms with Crippen molar-refractivity contribution in [3.8, 4) is 11.1 Å². The number of benzene rings is 2. The van der Waals surface area contributed by atoms with Crippen LogP contribution in [0.1, 0.15) is 22.7 Å². The lowest BCUT2D eigenvalue weighted by molar-refractivity contribution is -0.166. The highest BCUT2D eigenvalue weighted by atomic mass is 16.3. The number of hydrogen-bond acceptors (Lipinski definition) is 4. The molecule has 2 amide bonds. The minimum absolute atomic E-state index is 0.00374. The molecule has 0 radical (unpaired) electrons. The summed E-state index contributed by atoms with van der Waals surface area (Å²) in [5.74, 6) is -0.203. The molecule has 5 rings (SSSR count). The number of aliphatic hydroxyl groups is 1. The number of aliphatic hydroxyl groups excluding tert-OH is 1. The molecular weight excluding hydrogens is 414 g/mol.